The van der Waals surface area contributed by atoms with Gasteiger partial charge in [-0.05, 0) is 45.9 Å². The Morgan fingerprint density at radius 2 is 1.40 bits per heavy atom. The smallest absolute Gasteiger partial charge is 0.143 e. The van der Waals surface area contributed by atoms with Crippen molar-refractivity contribution in [2.24, 2.45) is 0 Å². The summed E-state index contributed by atoms with van der Waals surface area (Å²) in [6, 6.07) is 30.1. The maximum atomic E-state index is 6.31. The molecule has 0 aliphatic heterocycles. The standard InChI is InChI=1S/C28H23BrO/c1-28(2,3)19-13-11-18(12-14-19)25-17-20(29)15-16-21(25)23-8-6-9-24-22-7-4-5-10-26(22)30-27(23)24/h4-17H,1-3H3. The van der Waals surface area contributed by atoms with Crippen LogP contribution in [0.25, 0.3) is 44.2 Å². The van der Waals surface area contributed by atoms with Crippen LogP contribution in [0.5, 0.6) is 0 Å². The topological polar surface area (TPSA) is 13.1 Å². The van der Waals surface area contributed by atoms with Gasteiger partial charge in [-0.1, -0.05) is 103 Å². The van der Waals surface area contributed by atoms with Crippen LogP contribution in [-0.4, -0.2) is 0 Å². The molecule has 5 rings (SSSR count). The van der Waals surface area contributed by atoms with Crippen LogP contribution in [0, 0.1) is 0 Å². The van der Waals surface area contributed by atoms with E-state index in [1.807, 2.05) is 12.1 Å². The summed E-state index contributed by atoms with van der Waals surface area (Å²) in [7, 11) is 0. The highest BCUT2D eigenvalue weighted by molar-refractivity contribution is 9.10. The maximum absolute atomic E-state index is 6.31. The highest BCUT2D eigenvalue weighted by Crippen LogP contribution is 2.41. The summed E-state index contributed by atoms with van der Waals surface area (Å²) in [5.41, 5.74) is 8.02. The van der Waals surface area contributed by atoms with E-state index in [-0.39, 0.29) is 5.41 Å². The Morgan fingerprint density at radius 3 is 2.17 bits per heavy atom. The Bertz CT molecular complexity index is 1370. The quantitative estimate of drug-likeness (QED) is 0.259. The number of halogens is 1. The van der Waals surface area contributed by atoms with Gasteiger partial charge in [0.25, 0.3) is 0 Å². The number of furan rings is 1. The van der Waals surface area contributed by atoms with Crippen molar-refractivity contribution in [3.05, 3.63) is 95.0 Å². The lowest BCUT2D eigenvalue weighted by atomic mass is 9.85. The van der Waals surface area contributed by atoms with E-state index in [1.165, 1.54) is 22.3 Å². The summed E-state index contributed by atoms with van der Waals surface area (Å²) in [5, 5.41) is 2.31. The fourth-order valence-electron chi connectivity index (χ4n) is 4.10. The van der Waals surface area contributed by atoms with E-state index in [1.54, 1.807) is 0 Å². The molecule has 2 heteroatoms. The molecular formula is C28H23BrO. The van der Waals surface area contributed by atoms with Gasteiger partial charge in [-0.3, -0.25) is 0 Å². The van der Waals surface area contributed by atoms with E-state index in [2.05, 4.69) is 109 Å². The number of fused-ring (bicyclic) bond motifs is 3. The minimum atomic E-state index is 0.137. The van der Waals surface area contributed by atoms with Crippen LogP contribution < -0.4 is 0 Å². The van der Waals surface area contributed by atoms with E-state index in [0.717, 1.165) is 32.0 Å². The molecule has 0 atom stereocenters. The molecule has 0 aliphatic rings. The molecule has 0 saturated carbocycles. The van der Waals surface area contributed by atoms with Gasteiger partial charge in [0.2, 0.25) is 0 Å². The zero-order valence-corrected chi connectivity index (χ0v) is 19.0. The van der Waals surface area contributed by atoms with E-state index in [9.17, 15) is 0 Å². The second-order valence-electron chi connectivity index (χ2n) is 8.80. The highest BCUT2D eigenvalue weighted by atomic mass is 79.9. The average Bonchev–Trinajstić information content (AvgIpc) is 3.12. The largest absolute Gasteiger partial charge is 0.455 e. The van der Waals surface area contributed by atoms with Crippen LogP contribution in [0.3, 0.4) is 0 Å². The van der Waals surface area contributed by atoms with Crippen LogP contribution in [0.15, 0.2) is 93.8 Å². The van der Waals surface area contributed by atoms with Crippen molar-refractivity contribution in [2.45, 2.75) is 26.2 Å². The molecule has 30 heavy (non-hydrogen) atoms. The third-order valence-corrected chi connectivity index (χ3v) is 6.23. The summed E-state index contributed by atoms with van der Waals surface area (Å²) >= 11 is 3.67. The summed E-state index contributed by atoms with van der Waals surface area (Å²) in [5.74, 6) is 0. The first-order valence-electron chi connectivity index (χ1n) is 10.2. The molecule has 5 aromatic rings. The first-order chi connectivity index (χ1) is 14.4. The van der Waals surface area contributed by atoms with Crippen LogP contribution in [0.1, 0.15) is 26.3 Å². The highest BCUT2D eigenvalue weighted by Gasteiger charge is 2.17. The van der Waals surface area contributed by atoms with Crippen molar-refractivity contribution < 1.29 is 4.42 Å². The number of benzene rings is 4. The number of rotatable bonds is 2. The summed E-state index contributed by atoms with van der Waals surface area (Å²) < 4.78 is 7.38. The lowest BCUT2D eigenvalue weighted by Gasteiger charge is -2.19. The third kappa shape index (κ3) is 3.26. The zero-order chi connectivity index (χ0) is 20.9. The van der Waals surface area contributed by atoms with Crippen molar-refractivity contribution in [1.82, 2.24) is 0 Å². The van der Waals surface area contributed by atoms with Gasteiger partial charge < -0.3 is 4.42 Å². The third-order valence-electron chi connectivity index (χ3n) is 5.74. The first-order valence-corrected chi connectivity index (χ1v) is 11.0. The van der Waals surface area contributed by atoms with Gasteiger partial charge in [-0.15, -0.1) is 0 Å². The molecule has 0 fully saturated rings. The second kappa shape index (κ2) is 7.14. The summed E-state index contributed by atoms with van der Waals surface area (Å²) in [4.78, 5) is 0. The summed E-state index contributed by atoms with van der Waals surface area (Å²) in [6.07, 6.45) is 0. The summed E-state index contributed by atoms with van der Waals surface area (Å²) in [6.45, 7) is 6.73. The van der Waals surface area contributed by atoms with Crippen LogP contribution >= 0.6 is 15.9 Å². The lowest BCUT2D eigenvalue weighted by molar-refractivity contribution is 0.590. The molecule has 1 nitrogen and oxygen atoms in total. The number of para-hydroxylation sites is 2. The molecule has 4 aromatic carbocycles. The minimum Gasteiger partial charge on any atom is -0.455 e. The van der Waals surface area contributed by atoms with Crippen molar-refractivity contribution in [2.75, 3.05) is 0 Å². The SMILES string of the molecule is CC(C)(C)c1ccc(-c2cc(Br)ccc2-c2cccc3c2oc2ccccc23)cc1. The second-order valence-corrected chi connectivity index (χ2v) is 9.71. The Balaban J connectivity index is 1.73. The van der Waals surface area contributed by atoms with Gasteiger partial charge in [0.05, 0.1) is 0 Å². The average molecular weight is 455 g/mol. The fourth-order valence-corrected chi connectivity index (χ4v) is 4.46. The Kier molecular flexibility index (Phi) is 4.56. The monoisotopic (exact) mass is 454 g/mol. The van der Waals surface area contributed by atoms with E-state index < -0.39 is 0 Å². The van der Waals surface area contributed by atoms with Crippen molar-refractivity contribution in [1.29, 1.82) is 0 Å². The van der Waals surface area contributed by atoms with E-state index in [0.29, 0.717) is 0 Å². The lowest BCUT2D eigenvalue weighted by Crippen LogP contribution is -2.10. The van der Waals surface area contributed by atoms with Crippen LogP contribution in [0.4, 0.5) is 0 Å². The zero-order valence-electron chi connectivity index (χ0n) is 17.4. The maximum Gasteiger partial charge on any atom is 0.143 e. The molecule has 0 saturated heterocycles. The molecule has 0 unspecified atom stereocenters. The molecule has 0 radical (unpaired) electrons. The fraction of sp³-hybridized carbons (Fsp3) is 0.143. The van der Waals surface area contributed by atoms with Crippen molar-refractivity contribution in [3.63, 3.8) is 0 Å². The van der Waals surface area contributed by atoms with Gasteiger partial charge in [0.15, 0.2) is 0 Å². The Labute approximate surface area is 185 Å². The predicted molar refractivity (Wildman–Crippen MR) is 131 cm³/mol. The molecule has 0 amide bonds. The first kappa shape index (κ1) is 19.1. The Morgan fingerprint density at radius 1 is 0.667 bits per heavy atom. The van der Waals surface area contributed by atoms with Gasteiger partial charge in [0.1, 0.15) is 11.2 Å². The van der Waals surface area contributed by atoms with Crippen LogP contribution in [0.2, 0.25) is 0 Å². The molecule has 0 N–H and O–H groups in total. The molecule has 148 valence electrons. The normalized spacial score (nSPS) is 12.0. The van der Waals surface area contributed by atoms with Crippen LogP contribution in [-0.2, 0) is 5.41 Å². The molecule has 0 spiro atoms. The van der Waals surface area contributed by atoms with E-state index in [4.69, 9.17) is 4.42 Å². The van der Waals surface area contributed by atoms with Gasteiger partial charge in [-0.25, -0.2) is 0 Å². The number of hydrogen-bond acceptors (Lipinski definition) is 1. The molecule has 1 aromatic heterocycles. The van der Waals surface area contributed by atoms with Crippen molar-refractivity contribution >= 4 is 37.9 Å². The molecule has 0 aliphatic carbocycles. The molecule has 1 heterocycles. The predicted octanol–water partition coefficient (Wildman–Crippen LogP) is 8.98. The van der Waals surface area contributed by atoms with Gasteiger partial charge in [-0.2, -0.15) is 0 Å². The van der Waals surface area contributed by atoms with Gasteiger partial charge >= 0.3 is 0 Å². The van der Waals surface area contributed by atoms with Crippen molar-refractivity contribution in [3.8, 4) is 22.3 Å². The number of hydrogen-bond donors (Lipinski definition) is 0. The van der Waals surface area contributed by atoms with Gasteiger partial charge in [0, 0.05) is 20.8 Å². The molecule has 0 bridgehead atoms. The Hall–Kier alpha value is -2.84. The minimum absolute atomic E-state index is 0.137. The molecular weight excluding hydrogens is 432 g/mol. The van der Waals surface area contributed by atoms with E-state index >= 15 is 0 Å².